The topological polar surface area (TPSA) is 68.2 Å². The van der Waals surface area contributed by atoms with Gasteiger partial charge in [-0.05, 0) is 12.8 Å². The van der Waals surface area contributed by atoms with Crippen molar-refractivity contribution in [1.82, 2.24) is 4.90 Å². The monoisotopic (exact) mass is 275 g/mol. The molecule has 0 amide bonds. The first kappa shape index (κ1) is 16.4. The van der Waals surface area contributed by atoms with Gasteiger partial charge in [-0.2, -0.15) is 0 Å². The Kier molecular flexibility index (Phi) is 8.73. The van der Waals surface area contributed by atoms with Gasteiger partial charge in [0.05, 0.1) is 39.5 Å². The Labute approximate surface area is 114 Å². The maximum atomic E-state index is 10.6. The van der Waals surface area contributed by atoms with E-state index in [-0.39, 0.29) is 6.42 Å². The summed E-state index contributed by atoms with van der Waals surface area (Å²) in [6, 6.07) is 0.570. The third kappa shape index (κ3) is 8.93. The van der Waals surface area contributed by atoms with Crippen molar-refractivity contribution in [2.75, 3.05) is 53.2 Å². The fraction of sp³-hybridized carbons (Fsp3) is 0.923. The molecule has 0 heterocycles. The quantitative estimate of drug-likeness (QED) is 0.497. The van der Waals surface area contributed by atoms with E-state index >= 15 is 0 Å². The summed E-state index contributed by atoms with van der Waals surface area (Å²) in [5.74, 6) is -0.738. The summed E-state index contributed by atoms with van der Waals surface area (Å²) in [6.07, 6.45) is 2.57. The first-order chi connectivity index (χ1) is 9.24. The van der Waals surface area contributed by atoms with Gasteiger partial charge < -0.3 is 19.3 Å². The number of hydrogen-bond acceptors (Lipinski definition) is 5. The van der Waals surface area contributed by atoms with Crippen LogP contribution in [-0.4, -0.2) is 75.3 Å². The normalized spacial score (nSPS) is 15.1. The third-order valence-electron chi connectivity index (χ3n) is 3.00. The first-order valence-corrected chi connectivity index (χ1v) is 6.84. The highest BCUT2D eigenvalue weighted by Gasteiger charge is 2.28. The van der Waals surface area contributed by atoms with E-state index in [1.807, 2.05) is 0 Å². The zero-order valence-corrected chi connectivity index (χ0v) is 11.7. The third-order valence-corrected chi connectivity index (χ3v) is 3.00. The van der Waals surface area contributed by atoms with Crippen LogP contribution in [0.1, 0.15) is 19.3 Å². The molecule has 0 radical (unpaired) electrons. The van der Waals surface area contributed by atoms with Crippen LogP contribution in [0.4, 0.5) is 0 Å². The lowest BCUT2D eigenvalue weighted by molar-refractivity contribution is -0.137. The minimum Gasteiger partial charge on any atom is -0.481 e. The highest BCUT2D eigenvalue weighted by Crippen LogP contribution is 2.26. The molecule has 0 atom stereocenters. The molecule has 0 bridgehead atoms. The molecular formula is C13H25NO5. The number of methoxy groups -OCH3 is 1. The van der Waals surface area contributed by atoms with E-state index in [1.54, 1.807) is 7.11 Å². The van der Waals surface area contributed by atoms with Gasteiger partial charge in [0.25, 0.3) is 0 Å². The molecule has 1 fully saturated rings. The number of rotatable bonds is 13. The second-order valence-electron chi connectivity index (χ2n) is 4.63. The molecule has 6 nitrogen and oxygen atoms in total. The number of ether oxygens (including phenoxy) is 3. The van der Waals surface area contributed by atoms with E-state index in [9.17, 15) is 4.79 Å². The van der Waals surface area contributed by atoms with Gasteiger partial charge in [0.1, 0.15) is 0 Å². The summed E-state index contributed by atoms with van der Waals surface area (Å²) >= 11 is 0. The zero-order valence-electron chi connectivity index (χ0n) is 11.7. The lowest BCUT2D eigenvalue weighted by Crippen LogP contribution is -2.32. The molecule has 6 heteroatoms. The van der Waals surface area contributed by atoms with Crippen molar-refractivity contribution in [3.05, 3.63) is 0 Å². The molecule has 1 N–H and O–H groups in total. The Morgan fingerprint density at radius 1 is 1.11 bits per heavy atom. The van der Waals surface area contributed by atoms with E-state index in [0.29, 0.717) is 45.6 Å². The van der Waals surface area contributed by atoms with Crippen LogP contribution in [-0.2, 0) is 19.0 Å². The van der Waals surface area contributed by atoms with Gasteiger partial charge in [-0.3, -0.25) is 9.69 Å². The standard InChI is InChI=1S/C13H25NO5/c1-17-8-9-19-11-10-18-7-6-14(12-2-3-12)5-4-13(15)16/h12H,2-11H2,1H3,(H,15,16). The molecule has 0 aromatic carbocycles. The predicted octanol–water partition coefficient (Wildman–Crippen LogP) is 0.605. The number of nitrogens with zero attached hydrogens (tertiary/aromatic N) is 1. The molecule has 1 rings (SSSR count). The second-order valence-corrected chi connectivity index (χ2v) is 4.63. The van der Waals surface area contributed by atoms with E-state index in [0.717, 1.165) is 6.54 Å². The van der Waals surface area contributed by atoms with Crippen molar-refractivity contribution in [2.45, 2.75) is 25.3 Å². The van der Waals surface area contributed by atoms with Gasteiger partial charge in [-0.1, -0.05) is 0 Å². The lowest BCUT2D eigenvalue weighted by Gasteiger charge is -2.20. The minimum absolute atomic E-state index is 0.205. The molecule has 0 aliphatic heterocycles. The molecule has 0 aromatic rings. The van der Waals surface area contributed by atoms with Crippen LogP contribution in [0.2, 0.25) is 0 Å². The fourth-order valence-corrected chi connectivity index (χ4v) is 1.80. The molecule has 112 valence electrons. The molecule has 1 aliphatic carbocycles. The first-order valence-electron chi connectivity index (χ1n) is 6.84. The van der Waals surface area contributed by atoms with Crippen molar-refractivity contribution >= 4 is 5.97 Å². The summed E-state index contributed by atoms with van der Waals surface area (Å²) in [7, 11) is 1.64. The average molecular weight is 275 g/mol. The molecule has 0 spiro atoms. The lowest BCUT2D eigenvalue weighted by atomic mass is 10.3. The summed E-state index contributed by atoms with van der Waals surface area (Å²) in [5.41, 5.74) is 0. The van der Waals surface area contributed by atoms with E-state index in [2.05, 4.69) is 4.90 Å². The van der Waals surface area contributed by atoms with Gasteiger partial charge in [-0.15, -0.1) is 0 Å². The van der Waals surface area contributed by atoms with Crippen molar-refractivity contribution in [2.24, 2.45) is 0 Å². The Hall–Kier alpha value is -0.690. The SMILES string of the molecule is COCCOCCOCCN(CCC(=O)O)C1CC1. The van der Waals surface area contributed by atoms with E-state index < -0.39 is 5.97 Å². The van der Waals surface area contributed by atoms with Crippen LogP contribution in [0.25, 0.3) is 0 Å². The number of carbonyl (C=O) groups is 1. The van der Waals surface area contributed by atoms with Gasteiger partial charge in [0, 0.05) is 26.2 Å². The zero-order chi connectivity index (χ0) is 13.9. The largest absolute Gasteiger partial charge is 0.481 e. The second kappa shape index (κ2) is 10.1. The molecule has 0 unspecified atom stereocenters. The highest BCUT2D eigenvalue weighted by molar-refractivity contribution is 5.66. The molecule has 19 heavy (non-hydrogen) atoms. The molecule has 1 aliphatic rings. The number of hydrogen-bond donors (Lipinski definition) is 1. The summed E-state index contributed by atoms with van der Waals surface area (Å²) in [5, 5.41) is 8.69. The van der Waals surface area contributed by atoms with E-state index in [1.165, 1.54) is 12.8 Å². The number of carboxylic acids is 1. The van der Waals surface area contributed by atoms with Gasteiger partial charge in [0.15, 0.2) is 0 Å². The predicted molar refractivity (Wildman–Crippen MR) is 70.4 cm³/mol. The van der Waals surface area contributed by atoms with Gasteiger partial charge in [0.2, 0.25) is 0 Å². The molecule has 0 saturated heterocycles. The highest BCUT2D eigenvalue weighted by atomic mass is 16.5. The summed E-state index contributed by atoms with van der Waals surface area (Å²) in [6.45, 7) is 4.38. The van der Waals surface area contributed by atoms with E-state index in [4.69, 9.17) is 19.3 Å². The van der Waals surface area contributed by atoms with Gasteiger partial charge >= 0.3 is 5.97 Å². The molecule has 0 aromatic heterocycles. The Morgan fingerprint density at radius 2 is 1.74 bits per heavy atom. The number of carboxylic acid groups (broad SMARTS) is 1. The van der Waals surface area contributed by atoms with Crippen molar-refractivity contribution in [3.63, 3.8) is 0 Å². The van der Waals surface area contributed by atoms with Crippen molar-refractivity contribution < 1.29 is 24.1 Å². The Bertz CT molecular complexity index is 245. The van der Waals surface area contributed by atoms with Gasteiger partial charge in [-0.25, -0.2) is 0 Å². The van der Waals surface area contributed by atoms with Crippen LogP contribution in [0, 0.1) is 0 Å². The molecule has 1 saturated carbocycles. The fourth-order valence-electron chi connectivity index (χ4n) is 1.80. The van der Waals surface area contributed by atoms with Crippen LogP contribution < -0.4 is 0 Å². The van der Waals surface area contributed by atoms with Crippen LogP contribution >= 0.6 is 0 Å². The Balaban J connectivity index is 1.94. The number of aliphatic carboxylic acids is 1. The van der Waals surface area contributed by atoms with Crippen molar-refractivity contribution in [1.29, 1.82) is 0 Å². The average Bonchev–Trinajstić information content (AvgIpc) is 3.20. The van der Waals surface area contributed by atoms with Crippen LogP contribution in [0.3, 0.4) is 0 Å². The maximum absolute atomic E-state index is 10.6. The van der Waals surface area contributed by atoms with Crippen molar-refractivity contribution in [3.8, 4) is 0 Å². The summed E-state index contributed by atoms with van der Waals surface area (Å²) in [4.78, 5) is 12.8. The van der Waals surface area contributed by atoms with Crippen LogP contribution in [0.15, 0.2) is 0 Å². The smallest absolute Gasteiger partial charge is 0.304 e. The van der Waals surface area contributed by atoms with Crippen LogP contribution in [0.5, 0.6) is 0 Å². The summed E-state index contributed by atoms with van der Waals surface area (Å²) < 4.78 is 15.6. The minimum atomic E-state index is -0.738. The maximum Gasteiger partial charge on any atom is 0.304 e. The molecular weight excluding hydrogens is 250 g/mol. The Morgan fingerprint density at radius 3 is 2.32 bits per heavy atom.